The van der Waals surface area contributed by atoms with Crippen molar-refractivity contribution in [2.24, 2.45) is 0 Å². The predicted octanol–water partition coefficient (Wildman–Crippen LogP) is -1.94. The Morgan fingerprint density at radius 1 is 1.07 bits per heavy atom. The van der Waals surface area contributed by atoms with Crippen LogP contribution in [0.4, 0.5) is 0 Å². The van der Waals surface area contributed by atoms with E-state index in [9.17, 15) is 9.59 Å². The van der Waals surface area contributed by atoms with Gasteiger partial charge in [-0.05, 0) is 5.56 Å². The van der Waals surface area contributed by atoms with Gasteiger partial charge >= 0.3 is 41.5 Å². The first kappa shape index (κ1) is 13.2. The van der Waals surface area contributed by atoms with Gasteiger partial charge in [0.15, 0.2) is 5.92 Å². The largest absolute Gasteiger partial charge is 1.00 e. The summed E-state index contributed by atoms with van der Waals surface area (Å²) in [5.74, 6) is -4.17. The molecule has 0 bridgehead atoms. The van der Waals surface area contributed by atoms with Gasteiger partial charge < -0.3 is 11.6 Å². The Kier molecular flexibility index (Phi) is 5.45. The third kappa shape index (κ3) is 3.14. The molecule has 1 aromatic rings. The van der Waals surface area contributed by atoms with Crippen molar-refractivity contribution < 1.29 is 50.8 Å². The molecule has 0 radical (unpaired) electrons. The van der Waals surface area contributed by atoms with E-state index in [2.05, 4.69) is 0 Å². The van der Waals surface area contributed by atoms with Crippen LogP contribution in [0.25, 0.3) is 0 Å². The van der Waals surface area contributed by atoms with E-state index in [0.717, 1.165) is 0 Å². The first-order chi connectivity index (χ1) is 6.13. The zero-order valence-electron chi connectivity index (χ0n) is 8.68. The molecule has 0 amide bonds. The predicted molar refractivity (Wildman–Crippen MR) is 45.6 cm³/mol. The van der Waals surface area contributed by atoms with Crippen molar-refractivity contribution in [1.29, 1.82) is 0 Å². The molecular weight excluding hydrogens is 195 g/mol. The molecule has 2 N–H and O–H groups in total. The van der Waals surface area contributed by atoms with Gasteiger partial charge in [0.05, 0.1) is 0 Å². The summed E-state index contributed by atoms with van der Waals surface area (Å²) in [5.41, 5.74) is 0.280. The summed E-state index contributed by atoms with van der Waals surface area (Å²) in [4.78, 5) is 21.1. The molecule has 14 heavy (non-hydrogen) atoms. The SMILES string of the molecule is O=C(O)C(C(=O)O)c1ccccc1.[H-].[Na+]. The molecule has 70 valence electrons. The average molecular weight is 204 g/mol. The minimum atomic E-state index is -1.47. The summed E-state index contributed by atoms with van der Waals surface area (Å²) < 4.78 is 0. The summed E-state index contributed by atoms with van der Waals surface area (Å²) in [7, 11) is 0. The van der Waals surface area contributed by atoms with E-state index in [0.29, 0.717) is 0 Å². The van der Waals surface area contributed by atoms with Gasteiger partial charge in [-0.3, -0.25) is 9.59 Å². The molecule has 0 aliphatic heterocycles. The fraction of sp³-hybridized carbons (Fsp3) is 0.111. The van der Waals surface area contributed by atoms with Gasteiger partial charge in [0, 0.05) is 0 Å². The maximum Gasteiger partial charge on any atom is 1.00 e. The quantitative estimate of drug-likeness (QED) is 0.443. The Balaban J connectivity index is 0. The van der Waals surface area contributed by atoms with Gasteiger partial charge in [-0.2, -0.15) is 0 Å². The van der Waals surface area contributed by atoms with E-state index in [1.807, 2.05) is 0 Å². The number of aliphatic carboxylic acids is 2. The van der Waals surface area contributed by atoms with Crippen LogP contribution in [-0.2, 0) is 9.59 Å². The first-order valence-corrected chi connectivity index (χ1v) is 3.63. The van der Waals surface area contributed by atoms with Crippen molar-refractivity contribution >= 4 is 11.9 Å². The summed E-state index contributed by atoms with van der Waals surface area (Å²) in [6, 6.07) is 7.87. The zero-order chi connectivity index (χ0) is 9.84. The third-order valence-electron chi connectivity index (χ3n) is 1.63. The van der Waals surface area contributed by atoms with Crippen molar-refractivity contribution in [3.05, 3.63) is 35.9 Å². The van der Waals surface area contributed by atoms with Crippen molar-refractivity contribution in [2.75, 3.05) is 0 Å². The number of benzene rings is 1. The second-order valence-corrected chi connectivity index (χ2v) is 2.52. The summed E-state index contributed by atoms with van der Waals surface area (Å²) in [6.07, 6.45) is 0. The minimum absolute atomic E-state index is 0. The molecule has 4 nitrogen and oxygen atoms in total. The van der Waals surface area contributed by atoms with E-state index >= 15 is 0 Å². The monoisotopic (exact) mass is 204 g/mol. The molecule has 0 aliphatic carbocycles. The van der Waals surface area contributed by atoms with Crippen molar-refractivity contribution in [3.63, 3.8) is 0 Å². The van der Waals surface area contributed by atoms with E-state index in [4.69, 9.17) is 10.2 Å². The molecule has 0 aliphatic rings. The fourth-order valence-corrected chi connectivity index (χ4v) is 1.04. The van der Waals surface area contributed by atoms with Gasteiger partial charge in [0.25, 0.3) is 0 Å². The Bertz CT molecular complexity index is 314. The molecule has 0 unspecified atom stereocenters. The second kappa shape index (κ2) is 5.80. The molecular formula is C9H9NaO4. The Hall–Kier alpha value is -0.840. The van der Waals surface area contributed by atoms with Gasteiger partial charge in [-0.25, -0.2) is 0 Å². The number of hydrogen-bond acceptors (Lipinski definition) is 2. The van der Waals surface area contributed by atoms with Crippen LogP contribution in [-0.4, -0.2) is 22.2 Å². The van der Waals surface area contributed by atoms with Crippen LogP contribution in [0, 0.1) is 0 Å². The first-order valence-electron chi connectivity index (χ1n) is 3.63. The number of carbonyl (C=O) groups is 2. The maximum atomic E-state index is 10.6. The van der Waals surface area contributed by atoms with Crippen LogP contribution in [0.5, 0.6) is 0 Å². The number of hydrogen-bond donors (Lipinski definition) is 2. The van der Waals surface area contributed by atoms with Crippen molar-refractivity contribution in [2.45, 2.75) is 5.92 Å². The van der Waals surface area contributed by atoms with Crippen LogP contribution in [0.15, 0.2) is 30.3 Å². The van der Waals surface area contributed by atoms with Crippen LogP contribution in [0.1, 0.15) is 12.9 Å². The molecule has 0 heterocycles. The summed E-state index contributed by atoms with van der Waals surface area (Å²) in [6.45, 7) is 0. The standard InChI is InChI=1S/C9H8O4.Na.H/c10-8(11)7(9(12)13)6-4-2-1-3-5-6;;/h1-5,7H,(H,10,11)(H,12,13);;/q;+1;-1. The number of carboxylic acids is 2. The Morgan fingerprint density at radius 2 is 1.50 bits per heavy atom. The summed E-state index contributed by atoms with van der Waals surface area (Å²) >= 11 is 0. The molecule has 0 atom stereocenters. The van der Waals surface area contributed by atoms with Crippen molar-refractivity contribution in [3.8, 4) is 0 Å². The Morgan fingerprint density at radius 3 is 1.86 bits per heavy atom. The smallest absolute Gasteiger partial charge is 1.00 e. The van der Waals surface area contributed by atoms with Crippen LogP contribution in [0.3, 0.4) is 0 Å². The molecule has 1 rings (SSSR count). The molecule has 1 aromatic carbocycles. The maximum absolute atomic E-state index is 10.6. The minimum Gasteiger partial charge on any atom is -1.00 e. The second-order valence-electron chi connectivity index (χ2n) is 2.52. The van der Waals surface area contributed by atoms with Crippen molar-refractivity contribution in [1.82, 2.24) is 0 Å². The van der Waals surface area contributed by atoms with E-state index < -0.39 is 17.9 Å². The molecule has 0 saturated heterocycles. The third-order valence-corrected chi connectivity index (χ3v) is 1.63. The fourth-order valence-electron chi connectivity index (χ4n) is 1.04. The molecule has 0 saturated carbocycles. The van der Waals surface area contributed by atoms with E-state index in [-0.39, 0.29) is 36.5 Å². The zero-order valence-corrected chi connectivity index (χ0v) is 9.68. The number of carboxylic acid groups (broad SMARTS) is 2. The molecule has 0 aromatic heterocycles. The van der Waals surface area contributed by atoms with E-state index in [1.54, 1.807) is 18.2 Å². The van der Waals surface area contributed by atoms with E-state index in [1.165, 1.54) is 12.1 Å². The molecule has 0 spiro atoms. The van der Waals surface area contributed by atoms with Gasteiger partial charge in [-0.1, -0.05) is 30.3 Å². The van der Waals surface area contributed by atoms with Gasteiger partial charge in [-0.15, -0.1) is 0 Å². The summed E-state index contributed by atoms with van der Waals surface area (Å²) in [5, 5.41) is 17.2. The Labute approximate surface area is 104 Å². The van der Waals surface area contributed by atoms with Crippen LogP contribution in [0.2, 0.25) is 0 Å². The van der Waals surface area contributed by atoms with Gasteiger partial charge in [0.1, 0.15) is 0 Å². The number of rotatable bonds is 3. The average Bonchev–Trinajstić information content (AvgIpc) is 2.04. The molecule has 5 heteroatoms. The van der Waals surface area contributed by atoms with Crippen LogP contribution >= 0.6 is 0 Å². The van der Waals surface area contributed by atoms with Gasteiger partial charge in [0.2, 0.25) is 0 Å². The topological polar surface area (TPSA) is 74.6 Å². The van der Waals surface area contributed by atoms with Crippen LogP contribution < -0.4 is 29.6 Å². The normalized spacial score (nSPS) is 9.21. The molecule has 0 fully saturated rings.